The molecule has 193 valence electrons. The fraction of sp³-hybridized carbons (Fsp3) is 0.970. The second-order valence-electron chi connectivity index (χ2n) is 16.8. The molecule has 4 unspecified atom stereocenters. The van der Waals surface area contributed by atoms with Crippen molar-refractivity contribution in [3.63, 3.8) is 0 Å². The van der Waals surface area contributed by atoms with E-state index < -0.39 is 0 Å². The minimum absolute atomic E-state index is 0. The molecule has 0 N–H and O–H groups in total. The molecular formula is C33H57Y-. The molecule has 1 heteroatoms. The van der Waals surface area contributed by atoms with Crippen LogP contribution < -0.4 is 0 Å². The summed E-state index contributed by atoms with van der Waals surface area (Å²) < 4.78 is 0. The molecule has 0 aromatic carbocycles. The van der Waals surface area contributed by atoms with Crippen LogP contribution >= 0.6 is 0 Å². The van der Waals surface area contributed by atoms with E-state index in [1.54, 1.807) is 0 Å². The topological polar surface area (TPSA) is 0 Å². The van der Waals surface area contributed by atoms with Gasteiger partial charge in [0.05, 0.1) is 0 Å². The van der Waals surface area contributed by atoms with Gasteiger partial charge in [-0.1, -0.05) is 113 Å². The van der Waals surface area contributed by atoms with Gasteiger partial charge in [-0.25, -0.2) is 0 Å². The number of fused-ring (bicyclic) bond motifs is 7. The van der Waals surface area contributed by atoms with E-state index in [4.69, 9.17) is 0 Å². The van der Waals surface area contributed by atoms with Crippen molar-refractivity contribution < 1.29 is 32.7 Å². The molecule has 0 heterocycles. The van der Waals surface area contributed by atoms with Crippen LogP contribution in [0.1, 0.15) is 134 Å². The molecule has 0 spiro atoms. The van der Waals surface area contributed by atoms with Gasteiger partial charge >= 0.3 is 0 Å². The van der Waals surface area contributed by atoms with Crippen LogP contribution in [0.3, 0.4) is 0 Å². The molecule has 0 aromatic heterocycles. The SMILES string of the molecule is CC1CC2[C@@]3(C)CC[C@H](C)C(C)(C)C3CC[C@@]2(C)[C@]2(C)CC[C@@]3(C)C(C)CC(C)(C)C[C@H]3[C-]12.[Y]. The van der Waals surface area contributed by atoms with E-state index in [0.29, 0.717) is 32.5 Å². The van der Waals surface area contributed by atoms with Crippen molar-refractivity contribution in [3.05, 3.63) is 5.92 Å². The maximum Gasteiger partial charge on any atom is 0 e. The zero-order valence-corrected chi connectivity index (χ0v) is 27.7. The molecule has 0 amide bonds. The number of hydrogen-bond acceptors (Lipinski definition) is 0. The maximum absolute atomic E-state index is 2.80. The average Bonchev–Trinajstić information content (AvgIpc) is 2.69. The molecule has 5 aliphatic rings. The average molecular weight is 543 g/mol. The summed E-state index contributed by atoms with van der Waals surface area (Å²) in [5.74, 6) is 7.24. The number of hydrogen-bond donors (Lipinski definition) is 0. The summed E-state index contributed by atoms with van der Waals surface area (Å²) in [5.41, 5.74) is 2.99. The Morgan fingerprint density at radius 1 is 0.647 bits per heavy atom. The summed E-state index contributed by atoms with van der Waals surface area (Å²) in [6.45, 7) is 29.3. The van der Waals surface area contributed by atoms with E-state index in [1.807, 2.05) is 0 Å². The number of rotatable bonds is 0. The zero-order chi connectivity index (χ0) is 24.4. The van der Waals surface area contributed by atoms with Gasteiger partial charge in [-0.15, -0.1) is 5.41 Å². The van der Waals surface area contributed by atoms with E-state index in [9.17, 15) is 0 Å². The molecule has 10 atom stereocenters. The fourth-order valence-corrected chi connectivity index (χ4v) is 12.1. The molecule has 5 fully saturated rings. The first kappa shape index (κ1) is 28.1. The van der Waals surface area contributed by atoms with Gasteiger partial charge in [0.25, 0.3) is 0 Å². The smallest absolute Gasteiger partial charge is 0 e. The van der Waals surface area contributed by atoms with Crippen LogP contribution in [-0.4, -0.2) is 0 Å². The van der Waals surface area contributed by atoms with E-state index in [0.717, 1.165) is 35.5 Å². The molecule has 0 saturated heterocycles. The van der Waals surface area contributed by atoms with E-state index >= 15 is 0 Å². The minimum Gasteiger partial charge on any atom is -0.301 e. The summed E-state index contributed by atoms with van der Waals surface area (Å²) in [7, 11) is 0. The first-order valence-corrected chi connectivity index (χ1v) is 14.9. The van der Waals surface area contributed by atoms with Gasteiger partial charge < -0.3 is 5.92 Å². The third kappa shape index (κ3) is 3.47. The van der Waals surface area contributed by atoms with Gasteiger partial charge in [0, 0.05) is 32.7 Å². The zero-order valence-electron chi connectivity index (χ0n) is 24.9. The molecule has 5 saturated carbocycles. The third-order valence-corrected chi connectivity index (χ3v) is 14.7. The maximum atomic E-state index is 2.80. The van der Waals surface area contributed by atoms with Crippen LogP contribution in [0.15, 0.2) is 0 Å². The van der Waals surface area contributed by atoms with Gasteiger partial charge in [-0.05, 0) is 72.0 Å². The minimum atomic E-state index is 0. The molecule has 0 bridgehead atoms. The van der Waals surface area contributed by atoms with E-state index in [-0.39, 0.29) is 32.7 Å². The molecule has 0 aromatic rings. The van der Waals surface area contributed by atoms with E-state index in [1.165, 1.54) is 57.8 Å². The molecule has 5 aliphatic carbocycles. The normalized spacial score (nSPS) is 56.2. The Bertz CT molecular complexity index is 796. The first-order valence-electron chi connectivity index (χ1n) is 14.9. The van der Waals surface area contributed by atoms with Crippen LogP contribution in [0.4, 0.5) is 0 Å². The van der Waals surface area contributed by atoms with Gasteiger partial charge in [0.1, 0.15) is 0 Å². The van der Waals surface area contributed by atoms with Crippen LogP contribution in [0.25, 0.3) is 0 Å². The van der Waals surface area contributed by atoms with Crippen molar-refractivity contribution >= 4 is 0 Å². The summed E-state index contributed by atoms with van der Waals surface area (Å²) in [4.78, 5) is 0. The van der Waals surface area contributed by atoms with Gasteiger partial charge in [0.2, 0.25) is 0 Å². The Morgan fingerprint density at radius 2 is 1.29 bits per heavy atom. The van der Waals surface area contributed by atoms with Crippen molar-refractivity contribution in [2.24, 2.45) is 68.0 Å². The summed E-state index contributed by atoms with van der Waals surface area (Å²) in [6.07, 6.45) is 13.1. The van der Waals surface area contributed by atoms with Crippen LogP contribution in [0.5, 0.6) is 0 Å². The van der Waals surface area contributed by atoms with Crippen molar-refractivity contribution in [1.82, 2.24) is 0 Å². The standard InChI is InChI=1S/C33H57.Y/c1-21-18-26-31(9)14-12-22(2)29(6,7)25(31)13-15-32(26,10)33(11)17-16-30(8)23(3)19-28(4,5)20-24(30)27(21)33;/h21-26H,12-20H2,1-11H3;/q-1;/t21?,22-,23?,24-,25?,26?,30-,31-,32+,33+;/m0./s1. The van der Waals surface area contributed by atoms with Crippen LogP contribution in [0.2, 0.25) is 0 Å². The van der Waals surface area contributed by atoms with E-state index in [2.05, 4.69) is 82.1 Å². The van der Waals surface area contributed by atoms with Gasteiger partial charge in [-0.3, -0.25) is 0 Å². The summed E-state index contributed by atoms with van der Waals surface area (Å²) in [5, 5.41) is 0. The van der Waals surface area contributed by atoms with Crippen molar-refractivity contribution in [3.8, 4) is 0 Å². The fourth-order valence-electron chi connectivity index (χ4n) is 12.1. The predicted molar refractivity (Wildman–Crippen MR) is 143 cm³/mol. The Morgan fingerprint density at radius 3 is 1.94 bits per heavy atom. The molecule has 5 rings (SSSR count). The quantitative estimate of drug-likeness (QED) is 0.267. The van der Waals surface area contributed by atoms with Crippen molar-refractivity contribution in [1.29, 1.82) is 0 Å². The molecule has 1 radical (unpaired) electrons. The van der Waals surface area contributed by atoms with Gasteiger partial charge in [-0.2, -0.15) is 11.8 Å². The Kier molecular flexibility index (Phi) is 6.86. The van der Waals surface area contributed by atoms with Crippen LogP contribution in [-0.2, 0) is 32.7 Å². The summed E-state index contributed by atoms with van der Waals surface area (Å²) >= 11 is 0. The van der Waals surface area contributed by atoms with Crippen LogP contribution in [0, 0.1) is 73.9 Å². The Hall–Kier alpha value is 1.10. The second kappa shape index (κ2) is 8.30. The molecule has 0 aliphatic heterocycles. The first-order chi connectivity index (χ1) is 15.0. The Labute approximate surface area is 239 Å². The molecule has 0 nitrogen and oxygen atoms in total. The van der Waals surface area contributed by atoms with Crippen molar-refractivity contribution in [2.75, 3.05) is 0 Å². The molecular weight excluding hydrogens is 485 g/mol. The largest absolute Gasteiger partial charge is 0.301 e. The monoisotopic (exact) mass is 542 g/mol. The Balaban J connectivity index is 0.00000274. The van der Waals surface area contributed by atoms with Crippen molar-refractivity contribution in [2.45, 2.75) is 134 Å². The van der Waals surface area contributed by atoms with Gasteiger partial charge in [0.15, 0.2) is 0 Å². The summed E-state index contributed by atoms with van der Waals surface area (Å²) in [6, 6.07) is 0. The second-order valence-corrected chi connectivity index (χ2v) is 16.8. The third-order valence-electron chi connectivity index (χ3n) is 14.7. The molecule has 34 heavy (non-hydrogen) atoms. The predicted octanol–water partition coefficient (Wildman–Crippen LogP) is 9.97.